The Hall–Kier alpha value is -2.88. The van der Waals surface area contributed by atoms with Gasteiger partial charge in [-0.2, -0.15) is 15.1 Å². The van der Waals surface area contributed by atoms with Gasteiger partial charge in [0.05, 0.1) is 37.3 Å². The van der Waals surface area contributed by atoms with Gasteiger partial charge in [-0.1, -0.05) is 0 Å². The first-order valence-corrected chi connectivity index (χ1v) is 10.7. The van der Waals surface area contributed by atoms with Crippen molar-refractivity contribution in [3.8, 4) is 0 Å². The molecule has 3 aromatic rings. The van der Waals surface area contributed by atoms with Gasteiger partial charge in [-0.3, -0.25) is 4.68 Å². The average Bonchev–Trinajstić information content (AvgIpc) is 3.20. The Morgan fingerprint density at radius 1 is 1.03 bits per heavy atom. The summed E-state index contributed by atoms with van der Waals surface area (Å²) in [6.07, 6.45) is 4.20. The fourth-order valence-electron chi connectivity index (χ4n) is 4.21. The summed E-state index contributed by atoms with van der Waals surface area (Å²) in [4.78, 5) is 23.1. The third kappa shape index (κ3) is 3.91. The second kappa shape index (κ2) is 7.99. The molecular weight excluding hydrogens is 399 g/mol. The zero-order valence-electron chi connectivity index (χ0n) is 18.1. The van der Waals surface area contributed by atoms with Crippen LogP contribution in [0.15, 0.2) is 12.4 Å². The molecule has 2 fully saturated rings. The molecule has 0 saturated carbocycles. The molecule has 0 N–H and O–H groups in total. The van der Waals surface area contributed by atoms with Crippen molar-refractivity contribution in [1.29, 1.82) is 0 Å². The maximum Gasteiger partial charge on any atom is 0.229 e. The van der Waals surface area contributed by atoms with E-state index in [9.17, 15) is 4.39 Å². The summed E-state index contributed by atoms with van der Waals surface area (Å²) in [5, 5.41) is 4.26. The summed E-state index contributed by atoms with van der Waals surface area (Å²) in [7, 11) is 1.89. The summed E-state index contributed by atoms with van der Waals surface area (Å²) in [5.74, 6) is 1.25. The summed E-state index contributed by atoms with van der Waals surface area (Å²) in [6, 6.07) is 0. The summed E-state index contributed by atoms with van der Waals surface area (Å²) in [6.45, 7) is 6.77. The number of ether oxygens (including phenoxy) is 1. The van der Waals surface area contributed by atoms with Crippen molar-refractivity contribution in [3.05, 3.63) is 29.3 Å². The van der Waals surface area contributed by atoms with E-state index >= 15 is 0 Å². The van der Waals surface area contributed by atoms with E-state index in [1.54, 1.807) is 4.68 Å². The van der Waals surface area contributed by atoms with Crippen molar-refractivity contribution < 1.29 is 9.13 Å². The highest BCUT2D eigenvalue weighted by Crippen LogP contribution is 2.30. The van der Waals surface area contributed by atoms with E-state index in [4.69, 9.17) is 19.7 Å². The normalized spacial score (nSPS) is 22.3. The molecule has 0 unspecified atom stereocenters. The van der Waals surface area contributed by atoms with Crippen LogP contribution >= 0.6 is 0 Å². The second-order valence-electron chi connectivity index (χ2n) is 8.35. The fourth-order valence-corrected chi connectivity index (χ4v) is 4.21. The highest BCUT2D eigenvalue weighted by atomic mass is 19.1. The summed E-state index contributed by atoms with van der Waals surface area (Å²) < 4.78 is 21.9. The SMILES string of the molecule is Cc1nc2nc(N3CCO[C@@H](c4cnn(C)c4)C3)nc(N3CCC[C@H](F)C3)c2nc1C. The smallest absolute Gasteiger partial charge is 0.229 e. The van der Waals surface area contributed by atoms with E-state index in [1.165, 1.54) is 0 Å². The van der Waals surface area contributed by atoms with Gasteiger partial charge >= 0.3 is 0 Å². The Labute approximate surface area is 180 Å². The van der Waals surface area contributed by atoms with Gasteiger partial charge in [-0.05, 0) is 26.7 Å². The molecule has 5 rings (SSSR count). The van der Waals surface area contributed by atoms with Gasteiger partial charge < -0.3 is 14.5 Å². The number of morpholine rings is 1. The Kier molecular flexibility index (Phi) is 5.17. The average molecular weight is 427 g/mol. The van der Waals surface area contributed by atoms with Gasteiger partial charge in [-0.15, -0.1) is 0 Å². The number of nitrogens with zero attached hydrogens (tertiary/aromatic N) is 8. The summed E-state index contributed by atoms with van der Waals surface area (Å²) >= 11 is 0. The molecule has 31 heavy (non-hydrogen) atoms. The number of anilines is 2. The van der Waals surface area contributed by atoms with E-state index in [2.05, 4.69) is 15.0 Å². The number of fused-ring (bicyclic) bond motifs is 1. The first-order valence-electron chi connectivity index (χ1n) is 10.7. The Morgan fingerprint density at radius 3 is 2.65 bits per heavy atom. The van der Waals surface area contributed by atoms with E-state index in [-0.39, 0.29) is 6.10 Å². The number of hydrogen-bond donors (Lipinski definition) is 0. The number of piperidine rings is 1. The van der Waals surface area contributed by atoms with E-state index in [0.29, 0.717) is 55.6 Å². The van der Waals surface area contributed by atoms with Crippen LogP contribution in [0.4, 0.5) is 16.2 Å². The van der Waals surface area contributed by atoms with Gasteiger partial charge in [0.2, 0.25) is 5.95 Å². The van der Waals surface area contributed by atoms with Crippen molar-refractivity contribution >= 4 is 22.9 Å². The summed E-state index contributed by atoms with van der Waals surface area (Å²) in [5.41, 5.74) is 3.88. The number of aryl methyl sites for hydroxylation is 3. The van der Waals surface area contributed by atoms with Crippen molar-refractivity contribution in [2.24, 2.45) is 7.05 Å². The Morgan fingerprint density at radius 2 is 1.87 bits per heavy atom. The number of alkyl halides is 1. The Bertz CT molecular complexity index is 1100. The van der Waals surface area contributed by atoms with Crippen molar-refractivity contribution in [1.82, 2.24) is 29.7 Å². The molecule has 3 aromatic heterocycles. The molecular formula is C21H27FN8O. The van der Waals surface area contributed by atoms with Crippen LogP contribution in [0.3, 0.4) is 0 Å². The van der Waals surface area contributed by atoms with Gasteiger partial charge in [0.25, 0.3) is 0 Å². The number of halogens is 1. The van der Waals surface area contributed by atoms with Crippen LogP contribution in [0.5, 0.6) is 0 Å². The maximum atomic E-state index is 14.2. The minimum Gasteiger partial charge on any atom is -0.370 e. The standard InChI is InChI=1S/C21H27FN8O/c1-13-14(2)25-19-18(24-13)20(29-6-4-5-16(22)11-29)27-21(26-19)30-7-8-31-17(12-30)15-9-23-28(3)10-15/h9-10,16-17H,4-8,11-12H2,1-3H3/t16-,17+/m0/s1. The van der Waals surface area contributed by atoms with Gasteiger partial charge in [0.15, 0.2) is 17.0 Å². The molecule has 0 amide bonds. The van der Waals surface area contributed by atoms with Gasteiger partial charge in [-0.25, -0.2) is 14.4 Å². The predicted molar refractivity (Wildman–Crippen MR) is 115 cm³/mol. The molecule has 0 aromatic carbocycles. The van der Waals surface area contributed by atoms with E-state index in [1.807, 2.05) is 38.2 Å². The monoisotopic (exact) mass is 426 g/mol. The molecule has 2 aliphatic heterocycles. The molecule has 0 aliphatic carbocycles. The Balaban J connectivity index is 1.54. The van der Waals surface area contributed by atoms with Crippen molar-refractivity contribution in [2.45, 2.75) is 39.0 Å². The third-order valence-corrected chi connectivity index (χ3v) is 6.02. The third-order valence-electron chi connectivity index (χ3n) is 6.02. The first kappa shape index (κ1) is 20.0. The van der Waals surface area contributed by atoms with Crippen LogP contribution in [0, 0.1) is 13.8 Å². The van der Waals surface area contributed by atoms with Crippen LogP contribution in [0.25, 0.3) is 11.2 Å². The molecule has 0 bridgehead atoms. The molecule has 2 aliphatic rings. The molecule has 2 atom stereocenters. The molecule has 0 radical (unpaired) electrons. The highest BCUT2D eigenvalue weighted by Gasteiger charge is 2.28. The van der Waals surface area contributed by atoms with Crippen LogP contribution in [0.2, 0.25) is 0 Å². The number of aromatic nitrogens is 6. The zero-order valence-corrected chi connectivity index (χ0v) is 18.1. The number of rotatable bonds is 3. The lowest BCUT2D eigenvalue weighted by Gasteiger charge is -2.34. The van der Waals surface area contributed by atoms with Crippen LogP contribution in [-0.4, -0.2) is 68.7 Å². The molecule has 5 heterocycles. The maximum absolute atomic E-state index is 14.2. The second-order valence-corrected chi connectivity index (χ2v) is 8.35. The van der Waals surface area contributed by atoms with Crippen molar-refractivity contribution in [2.75, 3.05) is 42.6 Å². The largest absolute Gasteiger partial charge is 0.370 e. The predicted octanol–water partition coefficient (Wildman–Crippen LogP) is 2.29. The minimum atomic E-state index is -0.861. The van der Waals surface area contributed by atoms with Crippen LogP contribution in [-0.2, 0) is 11.8 Å². The lowest BCUT2D eigenvalue weighted by atomic mass is 10.1. The molecule has 164 valence electrons. The fraction of sp³-hybridized carbons (Fsp3) is 0.571. The molecule has 10 heteroatoms. The van der Waals surface area contributed by atoms with Crippen molar-refractivity contribution in [3.63, 3.8) is 0 Å². The number of hydrogen-bond acceptors (Lipinski definition) is 8. The molecule has 9 nitrogen and oxygen atoms in total. The molecule has 2 saturated heterocycles. The lowest BCUT2D eigenvalue weighted by molar-refractivity contribution is 0.0392. The van der Waals surface area contributed by atoms with Crippen LogP contribution in [0.1, 0.15) is 35.9 Å². The van der Waals surface area contributed by atoms with Gasteiger partial charge in [0.1, 0.15) is 12.3 Å². The first-order chi connectivity index (χ1) is 15.0. The zero-order chi connectivity index (χ0) is 21.5. The molecule has 0 spiro atoms. The van der Waals surface area contributed by atoms with E-state index in [0.717, 1.165) is 29.9 Å². The van der Waals surface area contributed by atoms with Crippen LogP contribution < -0.4 is 9.80 Å². The van der Waals surface area contributed by atoms with E-state index < -0.39 is 6.17 Å². The topological polar surface area (TPSA) is 85.1 Å². The van der Waals surface area contributed by atoms with Gasteiger partial charge in [0, 0.05) is 31.9 Å². The minimum absolute atomic E-state index is 0.110. The lowest BCUT2D eigenvalue weighted by Crippen LogP contribution is -2.40. The quantitative estimate of drug-likeness (QED) is 0.631. The highest BCUT2D eigenvalue weighted by molar-refractivity contribution is 5.84.